The van der Waals surface area contributed by atoms with Gasteiger partial charge >= 0.3 is 0 Å². The number of aryl methyl sites for hydroxylation is 2. The molecule has 2 aromatic rings. The Hall–Kier alpha value is -2.40. The first kappa shape index (κ1) is 27.8. The maximum Gasteiger partial charge on any atom is 0.248 e. The van der Waals surface area contributed by atoms with Crippen LogP contribution in [0.5, 0.6) is 5.75 Å². The van der Waals surface area contributed by atoms with Crippen molar-refractivity contribution in [2.24, 2.45) is 5.73 Å². The molecule has 0 bridgehead atoms. The molecule has 186 valence electrons. The van der Waals surface area contributed by atoms with Crippen molar-refractivity contribution in [3.05, 3.63) is 71.3 Å². The Morgan fingerprint density at radius 1 is 1.03 bits per heavy atom. The predicted octanol–water partition coefficient (Wildman–Crippen LogP) is 6.76. The van der Waals surface area contributed by atoms with Gasteiger partial charge in [0.05, 0.1) is 12.3 Å². The molecule has 0 atom stereocenters. The lowest BCUT2D eigenvalue weighted by molar-refractivity contribution is 0.100. The van der Waals surface area contributed by atoms with Crippen molar-refractivity contribution in [2.45, 2.75) is 65.2 Å². The minimum Gasteiger partial charge on any atom is -0.491 e. The number of anilines is 1. The summed E-state index contributed by atoms with van der Waals surface area (Å²) >= 11 is 4.25. The number of hydrogen-bond donors (Lipinski definition) is 2. The number of ether oxygens (including phenoxy) is 1. The number of rotatable bonds is 17. The van der Waals surface area contributed by atoms with Gasteiger partial charge in [0.15, 0.2) is 0 Å². The largest absolute Gasteiger partial charge is 0.491 e. The highest BCUT2D eigenvalue weighted by Gasteiger charge is 2.14. The normalized spacial score (nSPS) is 11.1. The molecule has 2 rings (SSSR count). The van der Waals surface area contributed by atoms with Gasteiger partial charge in [-0.2, -0.15) is 12.6 Å². The van der Waals surface area contributed by atoms with Crippen LogP contribution < -0.4 is 15.4 Å². The zero-order valence-corrected chi connectivity index (χ0v) is 21.9. The van der Waals surface area contributed by atoms with Gasteiger partial charge in [-0.05, 0) is 94.7 Å². The van der Waals surface area contributed by atoms with E-state index in [9.17, 15) is 4.79 Å². The lowest BCUT2D eigenvalue weighted by Crippen LogP contribution is -2.25. The molecule has 0 aliphatic carbocycles. The summed E-state index contributed by atoms with van der Waals surface area (Å²) in [5.74, 6) is 1.36. The first-order valence-corrected chi connectivity index (χ1v) is 13.3. The number of benzene rings is 2. The van der Waals surface area contributed by atoms with E-state index in [0.717, 1.165) is 81.6 Å². The van der Waals surface area contributed by atoms with Gasteiger partial charge in [0.2, 0.25) is 5.91 Å². The summed E-state index contributed by atoms with van der Waals surface area (Å²) in [7, 11) is 0. The van der Waals surface area contributed by atoms with E-state index in [4.69, 9.17) is 10.5 Å². The molecule has 0 fully saturated rings. The van der Waals surface area contributed by atoms with Gasteiger partial charge in [-0.15, -0.1) is 0 Å². The highest BCUT2D eigenvalue weighted by atomic mass is 32.1. The smallest absolute Gasteiger partial charge is 0.248 e. The molecule has 0 unspecified atom stereocenters. The van der Waals surface area contributed by atoms with Crippen LogP contribution in [-0.2, 0) is 6.42 Å². The lowest BCUT2D eigenvalue weighted by Gasteiger charge is -2.26. The van der Waals surface area contributed by atoms with Crippen LogP contribution in [-0.4, -0.2) is 31.4 Å². The molecule has 0 aliphatic rings. The third-order valence-corrected chi connectivity index (χ3v) is 6.23. The van der Waals surface area contributed by atoms with E-state index in [2.05, 4.69) is 67.8 Å². The van der Waals surface area contributed by atoms with E-state index in [0.29, 0.717) is 12.2 Å². The molecule has 5 heteroatoms. The summed E-state index contributed by atoms with van der Waals surface area (Å²) < 4.78 is 6.19. The molecular formula is C29H42N2O2S. The van der Waals surface area contributed by atoms with E-state index in [1.165, 1.54) is 11.1 Å². The van der Waals surface area contributed by atoms with E-state index >= 15 is 0 Å². The summed E-state index contributed by atoms with van der Waals surface area (Å²) in [6, 6.07) is 14.2. The molecule has 4 nitrogen and oxygen atoms in total. The van der Waals surface area contributed by atoms with Crippen LogP contribution in [0.2, 0.25) is 0 Å². The number of amides is 1. The quantitative estimate of drug-likeness (QED) is 0.149. The van der Waals surface area contributed by atoms with Crippen LogP contribution in [0.25, 0.3) is 0 Å². The van der Waals surface area contributed by atoms with Crippen LogP contribution in [0, 0.1) is 6.92 Å². The SMILES string of the molecule is CCN(CCCC/C=C/CCCS)c1cc(C(N)=O)ccc1OCCCCc1cccc(C)c1. The highest BCUT2D eigenvalue weighted by molar-refractivity contribution is 7.80. The van der Waals surface area contributed by atoms with Crippen LogP contribution in [0.3, 0.4) is 0 Å². The molecule has 0 spiro atoms. The molecule has 0 radical (unpaired) electrons. The number of hydrogen-bond acceptors (Lipinski definition) is 4. The van der Waals surface area contributed by atoms with E-state index in [-0.39, 0.29) is 0 Å². The van der Waals surface area contributed by atoms with E-state index < -0.39 is 5.91 Å². The number of carbonyl (C=O) groups excluding carboxylic acids is 1. The molecule has 0 aliphatic heterocycles. The zero-order valence-electron chi connectivity index (χ0n) is 21.0. The van der Waals surface area contributed by atoms with Crippen LogP contribution in [0.1, 0.15) is 73.4 Å². The maximum atomic E-state index is 11.8. The summed E-state index contributed by atoms with van der Waals surface area (Å²) in [6.07, 6.45) is 13.2. The second-order valence-electron chi connectivity index (χ2n) is 8.75. The Balaban J connectivity index is 1.90. The highest BCUT2D eigenvalue weighted by Crippen LogP contribution is 2.30. The summed E-state index contributed by atoms with van der Waals surface area (Å²) in [5.41, 5.74) is 9.72. The Morgan fingerprint density at radius 3 is 2.53 bits per heavy atom. The van der Waals surface area contributed by atoms with Gasteiger partial charge in [0, 0.05) is 18.7 Å². The lowest BCUT2D eigenvalue weighted by atomic mass is 10.1. The average molecular weight is 483 g/mol. The number of nitrogens with zero attached hydrogens (tertiary/aromatic N) is 1. The fraction of sp³-hybridized carbons (Fsp3) is 0.483. The van der Waals surface area contributed by atoms with Gasteiger partial charge in [-0.3, -0.25) is 4.79 Å². The first-order valence-electron chi connectivity index (χ1n) is 12.7. The molecule has 0 saturated heterocycles. The second kappa shape index (κ2) is 16.3. The Kier molecular flexibility index (Phi) is 13.3. The topological polar surface area (TPSA) is 55.6 Å². The van der Waals surface area contributed by atoms with Crippen molar-refractivity contribution in [3.8, 4) is 5.75 Å². The standard InChI is InChI=1S/C29H42N2O2S/c1-3-31(19-10-7-5-4-6-8-12-21-34)27-23-26(29(30)32)17-18-28(27)33-20-11-9-15-25-16-13-14-24(2)22-25/h4,6,13-14,16-18,22-23,34H,3,5,7-12,15,19-21H2,1-2H3,(H2,30,32)/b6-4+. The van der Waals surface area contributed by atoms with Crippen molar-refractivity contribution in [2.75, 3.05) is 30.3 Å². The fourth-order valence-electron chi connectivity index (χ4n) is 3.98. The molecule has 2 N–H and O–H groups in total. The zero-order chi connectivity index (χ0) is 24.6. The Morgan fingerprint density at radius 2 is 1.82 bits per heavy atom. The average Bonchev–Trinajstić information content (AvgIpc) is 2.83. The molecule has 0 aromatic heterocycles. The predicted molar refractivity (Wildman–Crippen MR) is 149 cm³/mol. The number of carbonyl (C=O) groups is 1. The fourth-order valence-corrected chi connectivity index (χ4v) is 4.16. The maximum absolute atomic E-state index is 11.8. The molecule has 2 aromatic carbocycles. The molecular weight excluding hydrogens is 440 g/mol. The van der Waals surface area contributed by atoms with Crippen LogP contribution in [0.4, 0.5) is 5.69 Å². The van der Waals surface area contributed by atoms with E-state index in [1.54, 1.807) is 6.07 Å². The number of primary amides is 1. The third kappa shape index (κ3) is 10.3. The van der Waals surface area contributed by atoms with Gasteiger partial charge < -0.3 is 15.4 Å². The van der Waals surface area contributed by atoms with Crippen molar-refractivity contribution in [1.82, 2.24) is 0 Å². The van der Waals surface area contributed by atoms with Gasteiger partial charge in [-0.25, -0.2) is 0 Å². The Labute approximate surface area is 212 Å². The molecule has 0 saturated carbocycles. The van der Waals surface area contributed by atoms with Crippen molar-refractivity contribution < 1.29 is 9.53 Å². The first-order chi connectivity index (χ1) is 16.5. The van der Waals surface area contributed by atoms with E-state index in [1.807, 2.05) is 12.1 Å². The monoisotopic (exact) mass is 482 g/mol. The summed E-state index contributed by atoms with van der Waals surface area (Å²) in [5, 5.41) is 0. The Bertz CT molecular complexity index is 897. The number of nitrogens with two attached hydrogens (primary N) is 1. The molecule has 0 heterocycles. The molecule has 34 heavy (non-hydrogen) atoms. The third-order valence-electron chi connectivity index (χ3n) is 5.91. The van der Waals surface area contributed by atoms with Crippen molar-refractivity contribution in [1.29, 1.82) is 0 Å². The number of allylic oxidation sites excluding steroid dienone is 2. The van der Waals surface area contributed by atoms with Crippen molar-refractivity contribution in [3.63, 3.8) is 0 Å². The summed E-state index contributed by atoms with van der Waals surface area (Å²) in [4.78, 5) is 14.1. The van der Waals surface area contributed by atoms with Gasteiger partial charge in [0.25, 0.3) is 0 Å². The van der Waals surface area contributed by atoms with Gasteiger partial charge in [0.1, 0.15) is 5.75 Å². The van der Waals surface area contributed by atoms with Crippen LogP contribution in [0.15, 0.2) is 54.6 Å². The molecule has 1 amide bonds. The second-order valence-corrected chi connectivity index (χ2v) is 9.20. The number of unbranched alkanes of at least 4 members (excludes halogenated alkanes) is 4. The number of thiol groups is 1. The van der Waals surface area contributed by atoms with Crippen LogP contribution >= 0.6 is 12.6 Å². The minimum absolute atomic E-state index is 0.409. The minimum atomic E-state index is -0.409. The van der Waals surface area contributed by atoms with Gasteiger partial charge in [-0.1, -0.05) is 42.0 Å². The summed E-state index contributed by atoms with van der Waals surface area (Å²) in [6.45, 7) is 6.70. The van der Waals surface area contributed by atoms with Crippen molar-refractivity contribution >= 4 is 24.2 Å².